The number of imide groups is 1. The molecule has 0 fully saturated rings. The minimum absolute atomic E-state index is 0.192. The Bertz CT molecular complexity index is 233. The highest BCUT2D eigenvalue weighted by Crippen LogP contribution is 2.08. The highest BCUT2D eigenvalue weighted by atomic mass is 35.5. The zero-order valence-electron chi connectivity index (χ0n) is 10.7. The Kier molecular flexibility index (Phi) is 9.92. The lowest BCUT2D eigenvalue weighted by atomic mass is 10.0. The normalized spacial score (nSPS) is 10.4. The van der Waals surface area contributed by atoms with Crippen molar-refractivity contribution in [3.8, 4) is 0 Å². The predicted octanol–water partition coefficient (Wildman–Crippen LogP) is 2.66. The molecule has 0 aromatic rings. The number of nitrogens with one attached hydrogen (secondary N) is 2. The molecule has 0 aromatic heterocycles. The largest absolute Gasteiger partial charge is 0.338 e. The van der Waals surface area contributed by atoms with Crippen LogP contribution in [0.4, 0.5) is 4.79 Å². The van der Waals surface area contributed by atoms with Crippen LogP contribution in [0.15, 0.2) is 0 Å². The number of alkyl halides is 1. The number of rotatable bonds is 8. The summed E-state index contributed by atoms with van der Waals surface area (Å²) in [6.07, 6.45) is 5.76. The van der Waals surface area contributed by atoms with Gasteiger partial charge in [-0.15, -0.1) is 11.6 Å². The van der Waals surface area contributed by atoms with Gasteiger partial charge in [-0.3, -0.25) is 10.1 Å². The van der Waals surface area contributed by atoms with E-state index in [9.17, 15) is 9.59 Å². The first-order valence-corrected chi connectivity index (χ1v) is 6.73. The van der Waals surface area contributed by atoms with Gasteiger partial charge in [-0.05, 0) is 12.3 Å². The van der Waals surface area contributed by atoms with Gasteiger partial charge in [-0.2, -0.15) is 0 Å². The molecule has 0 atom stereocenters. The van der Waals surface area contributed by atoms with E-state index in [-0.39, 0.29) is 5.88 Å². The second kappa shape index (κ2) is 10.4. The molecule has 17 heavy (non-hydrogen) atoms. The molecule has 0 saturated heterocycles. The van der Waals surface area contributed by atoms with E-state index in [0.29, 0.717) is 6.54 Å². The number of halogens is 1. The molecule has 100 valence electrons. The number of hydrogen-bond acceptors (Lipinski definition) is 2. The van der Waals surface area contributed by atoms with E-state index in [1.807, 2.05) is 0 Å². The van der Waals surface area contributed by atoms with Crippen LogP contribution in [0.5, 0.6) is 0 Å². The third-order valence-corrected chi connectivity index (χ3v) is 2.61. The van der Waals surface area contributed by atoms with Crippen LogP contribution >= 0.6 is 11.6 Å². The highest BCUT2D eigenvalue weighted by molar-refractivity contribution is 6.28. The maximum Gasteiger partial charge on any atom is 0.321 e. The summed E-state index contributed by atoms with van der Waals surface area (Å²) in [7, 11) is 0. The van der Waals surface area contributed by atoms with Gasteiger partial charge < -0.3 is 5.32 Å². The Morgan fingerprint density at radius 1 is 1.12 bits per heavy atom. The molecule has 0 aliphatic rings. The zero-order chi connectivity index (χ0) is 13.1. The highest BCUT2D eigenvalue weighted by Gasteiger charge is 2.04. The number of urea groups is 1. The van der Waals surface area contributed by atoms with Crippen molar-refractivity contribution in [1.82, 2.24) is 10.6 Å². The lowest BCUT2D eigenvalue weighted by Crippen LogP contribution is -2.40. The third-order valence-electron chi connectivity index (χ3n) is 2.37. The second-order valence-corrected chi connectivity index (χ2v) is 4.80. The molecule has 0 radical (unpaired) electrons. The van der Waals surface area contributed by atoms with E-state index in [0.717, 1.165) is 18.8 Å². The molecule has 0 aliphatic heterocycles. The van der Waals surface area contributed by atoms with Crippen molar-refractivity contribution in [3.05, 3.63) is 0 Å². The Hall–Kier alpha value is -0.770. The summed E-state index contributed by atoms with van der Waals surface area (Å²) in [6.45, 7) is 5.04. The summed E-state index contributed by atoms with van der Waals surface area (Å²) in [6, 6.07) is -0.460. The number of hydrogen-bond donors (Lipinski definition) is 2. The van der Waals surface area contributed by atoms with Gasteiger partial charge in [0.25, 0.3) is 0 Å². The first-order chi connectivity index (χ1) is 8.06. The first-order valence-electron chi connectivity index (χ1n) is 6.20. The van der Waals surface area contributed by atoms with Gasteiger partial charge in [-0.25, -0.2) is 4.79 Å². The van der Waals surface area contributed by atoms with Crippen molar-refractivity contribution in [2.45, 2.75) is 46.0 Å². The van der Waals surface area contributed by atoms with Crippen LogP contribution in [-0.4, -0.2) is 24.4 Å². The maximum absolute atomic E-state index is 11.1. The Labute approximate surface area is 108 Å². The van der Waals surface area contributed by atoms with Crippen LogP contribution in [0.2, 0.25) is 0 Å². The number of amides is 3. The molecular weight excluding hydrogens is 240 g/mol. The van der Waals surface area contributed by atoms with E-state index in [1.54, 1.807) is 0 Å². The molecular formula is C12H23ClN2O2. The van der Waals surface area contributed by atoms with Crippen molar-refractivity contribution >= 4 is 23.5 Å². The standard InChI is InChI=1S/C12H23ClN2O2/c1-10(2)7-5-3-4-6-8-14-12(17)15-11(16)9-13/h10H,3-9H2,1-2H3,(H2,14,15,16,17). The maximum atomic E-state index is 11.1. The van der Waals surface area contributed by atoms with Crippen LogP contribution in [-0.2, 0) is 4.79 Å². The zero-order valence-corrected chi connectivity index (χ0v) is 11.5. The van der Waals surface area contributed by atoms with Gasteiger partial charge >= 0.3 is 6.03 Å². The fourth-order valence-corrected chi connectivity index (χ4v) is 1.50. The van der Waals surface area contributed by atoms with Crippen molar-refractivity contribution in [1.29, 1.82) is 0 Å². The van der Waals surface area contributed by atoms with Crippen molar-refractivity contribution < 1.29 is 9.59 Å². The fourth-order valence-electron chi connectivity index (χ4n) is 1.44. The van der Waals surface area contributed by atoms with E-state index >= 15 is 0 Å². The Morgan fingerprint density at radius 3 is 2.35 bits per heavy atom. The first kappa shape index (κ1) is 16.2. The molecule has 3 amide bonds. The Morgan fingerprint density at radius 2 is 1.76 bits per heavy atom. The molecule has 4 nitrogen and oxygen atoms in total. The lowest BCUT2D eigenvalue weighted by Gasteiger charge is -2.06. The average molecular weight is 263 g/mol. The van der Waals surface area contributed by atoms with E-state index in [2.05, 4.69) is 24.5 Å². The van der Waals surface area contributed by atoms with Crippen molar-refractivity contribution in [2.75, 3.05) is 12.4 Å². The van der Waals surface area contributed by atoms with Gasteiger partial charge in [0, 0.05) is 6.54 Å². The molecule has 5 heteroatoms. The Balaban J connectivity index is 3.28. The smallest absolute Gasteiger partial charge is 0.321 e. The predicted molar refractivity (Wildman–Crippen MR) is 70.2 cm³/mol. The van der Waals surface area contributed by atoms with Crippen molar-refractivity contribution in [2.24, 2.45) is 5.92 Å². The van der Waals surface area contributed by atoms with E-state index in [4.69, 9.17) is 11.6 Å². The summed E-state index contributed by atoms with van der Waals surface area (Å²) in [4.78, 5) is 21.8. The molecule has 0 saturated carbocycles. The van der Waals surface area contributed by atoms with Gasteiger partial charge in [0.15, 0.2) is 0 Å². The summed E-state index contributed by atoms with van der Waals surface area (Å²) in [5.41, 5.74) is 0. The average Bonchev–Trinajstić information content (AvgIpc) is 2.27. The quantitative estimate of drug-likeness (QED) is 0.522. The second-order valence-electron chi connectivity index (χ2n) is 4.53. The minimum atomic E-state index is -0.471. The molecule has 0 bridgehead atoms. The fraction of sp³-hybridized carbons (Fsp3) is 0.833. The number of carbonyl (C=O) groups excluding carboxylic acids is 2. The van der Waals surface area contributed by atoms with Crippen LogP contribution in [0.1, 0.15) is 46.0 Å². The summed E-state index contributed by atoms with van der Waals surface area (Å²) in [5.74, 6) is 0.101. The van der Waals surface area contributed by atoms with Crippen molar-refractivity contribution in [3.63, 3.8) is 0 Å². The third kappa shape index (κ3) is 11.5. The summed E-state index contributed by atoms with van der Waals surface area (Å²) in [5, 5.41) is 4.74. The topological polar surface area (TPSA) is 58.2 Å². The van der Waals surface area contributed by atoms with Crippen LogP contribution in [0.3, 0.4) is 0 Å². The lowest BCUT2D eigenvalue weighted by molar-refractivity contribution is -0.117. The summed E-state index contributed by atoms with van der Waals surface area (Å²) < 4.78 is 0. The number of unbranched alkanes of at least 4 members (excludes halogenated alkanes) is 3. The summed E-state index contributed by atoms with van der Waals surface area (Å²) >= 11 is 5.25. The van der Waals surface area contributed by atoms with Gasteiger partial charge in [0.1, 0.15) is 5.88 Å². The van der Waals surface area contributed by atoms with Gasteiger partial charge in [0.05, 0.1) is 0 Å². The van der Waals surface area contributed by atoms with Crippen LogP contribution in [0.25, 0.3) is 0 Å². The molecule has 2 N–H and O–H groups in total. The van der Waals surface area contributed by atoms with E-state index < -0.39 is 11.9 Å². The van der Waals surface area contributed by atoms with Crippen LogP contribution in [0, 0.1) is 5.92 Å². The molecule has 0 aromatic carbocycles. The molecule has 0 unspecified atom stereocenters. The molecule has 0 aliphatic carbocycles. The molecule has 0 rings (SSSR count). The minimum Gasteiger partial charge on any atom is -0.338 e. The molecule has 0 spiro atoms. The number of carbonyl (C=O) groups is 2. The van der Waals surface area contributed by atoms with Gasteiger partial charge in [0.2, 0.25) is 5.91 Å². The van der Waals surface area contributed by atoms with Crippen LogP contribution < -0.4 is 10.6 Å². The van der Waals surface area contributed by atoms with E-state index in [1.165, 1.54) is 19.3 Å². The molecule has 0 heterocycles. The van der Waals surface area contributed by atoms with Gasteiger partial charge in [-0.1, -0.05) is 39.5 Å². The monoisotopic (exact) mass is 262 g/mol. The SMILES string of the molecule is CC(C)CCCCCCNC(=O)NC(=O)CCl.